The molecule has 0 atom stereocenters. The van der Waals surface area contributed by atoms with E-state index in [0.717, 1.165) is 11.4 Å². The monoisotopic (exact) mass is 451 g/mol. The second-order valence-corrected chi connectivity index (χ2v) is 6.12. The van der Waals surface area contributed by atoms with Gasteiger partial charge in [0, 0.05) is 22.7 Å². The van der Waals surface area contributed by atoms with Gasteiger partial charge in [-0.2, -0.15) is 0 Å². The van der Waals surface area contributed by atoms with E-state index in [-0.39, 0.29) is 28.4 Å². The Balaban J connectivity index is 0.00000261. The van der Waals surface area contributed by atoms with Gasteiger partial charge in [0.15, 0.2) is 10.9 Å². The molecule has 0 aliphatic heterocycles. The van der Waals surface area contributed by atoms with Crippen LogP contribution in [-0.2, 0) is 0 Å². The molecule has 0 radical (unpaired) electrons. The van der Waals surface area contributed by atoms with E-state index in [1.165, 1.54) is 24.5 Å². The Morgan fingerprint density at radius 3 is 2.59 bits per heavy atom. The highest BCUT2D eigenvalue weighted by atomic mass is 79.9. The van der Waals surface area contributed by atoms with Crippen molar-refractivity contribution < 1.29 is 14.4 Å². The van der Waals surface area contributed by atoms with Crippen LogP contribution < -0.4 is 14.8 Å². The Morgan fingerprint density at radius 1 is 1.22 bits per heavy atom. The zero-order valence-electron chi connectivity index (χ0n) is 14.7. The number of anilines is 2. The maximum Gasteiger partial charge on any atom is 0.311 e. The van der Waals surface area contributed by atoms with Gasteiger partial charge in [0.2, 0.25) is 0 Å². The molecule has 0 saturated carbocycles. The molecule has 9 heteroatoms. The predicted molar refractivity (Wildman–Crippen MR) is 112 cm³/mol. The summed E-state index contributed by atoms with van der Waals surface area (Å²) >= 11 is 1.42. The normalized spacial score (nSPS) is 10.0. The number of ether oxygens (including phenoxy) is 2. The van der Waals surface area contributed by atoms with Crippen molar-refractivity contribution in [1.82, 2.24) is 4.98 Å². The molecule has 0 fully saturated rings. The fourth-order valence-corrected chi connectivity index (χ4v) is 3.12. The predicted octanol–water partition coefficient (Wildman–Crippen LogP) is 5.45. The Labute approximate surface area is 170 Å². The molecule has 1 heterocycles. The van der Waals surface area contributed by atoms with E-state index in [9.17, 15) is 10.1 Å². The van der Waals surface area contributed by atoms with Crippen molar-refractivity contribution in [2.24, 2.45) is 0 Å². The van der Waals surface area contributed by atoms with Gasteiger partial charge >= 0.3 is 5.69 Å². The maximum absolute atomic E-state index is 11.2. The van der Waals surface area contributed by atoms with Crippen molar-refractivity contribution >= 4 is 44.8 Å². The van der Waals surface area contributed by atoms with Crippen molar-refractivity contribution in [3.8, 4) is 22.8 Å². The lowest BCUT2D eigenvalue weighted by atomic mass is 10.1. The topological polar surface area (TPSA) is 86.5 Å². The Kier molecular flexibility index (Phi) is 7.14. The van der Waals surface area contributed by atoms with Crippen LogP contribution in [0.1, 0.15) is 6.92 Å². The van der Waals surface area contributed by atoms with Crippen molar-refractivity contribution in [2.75, 3.05) is 19.0 Å². The average Bonchev–Trinajstić information content (AvgIpc) is 3.11. The fourth-order valence-electron chi connectivity index (χ4n) is 2.38. The van der Waals surface area contributed by atoms with Crippen LogP contribution in [0.2, 0.25) is 0 Å². The minimum atomic E-state index is -0.464. The molecular weight excluding hydrogens is 434 g/mol. The molecule has 3 rings (SSSR count). The quantitative estimate of drug-likeness (QED) is 0.379. The van der Waals surface area contributed by atoms with Crippen molar-refractivity contribution in [3.63, 3.8) is 0 Å². The van der Waals surface area contributed by atoms with Crippen molar-refractivity contribution in [2.45, 2.75) is 6.92 Å². The van der Waals surface area contributed by atoms with Crippen molar-refractivity contribution in [3.05, 3.63) is 58.0 Å². The Bertz CT molecular complexity index is 915. The summed E-state index contributed by atoms with van der Waals surface area (Å²) in [6, 6.07) is 12.4. The lowest BCUT2D eigenvalue weighted by Crippen LogP contribution is -1.94. The van der Waals surface area contributed by atoms with Crippen LogP contribution in [0.4, 0.5) is 16.5 Å². The largest absolute Gasteiger partial charge is 0.494 e. The third-order valence-electron chi connectivity index (χ3n) is 3.59. The minimum Gasteiger partial charge on any atom is -0.494 e. The van der Waals surface area contributed by atoms with Gasteiger partial charge in [0.1, 0.15) is 5.75 Å². The van der Waals surface area contributed by atoms with Crippen LogP contribution in [0.15, 0.2) is 47.8 Å². The summed E-state index contributed by atoms with van der Waals surface area (Å²) in [6.07, 6.45) is 0. The maximum atomic E-state index is 11.2. The Morgan fingerprint density at radius 2 is 1.96 bits per heavy atom. The van der Waals surface area contributed by atoms with Gasteiger partial charge < -0.3 is 14.8 Å². The number of benzene rings is 2. The molecule has 1 N–H and O–H groups in total. The smallest absolute Gasteiger partial charge is 0.311 e. The molecule has 0 aliphatic rings. The van der Waals surface area contributed by atoms with Gasteiger partial charge in [0.05, 0.1) is 24.3 Å². The molecule has 0 aliphatic carbocycles. The van der Waals surface area contributed by atoms with Crippen LogP contribution >= 0.6 is 28.3 Å². The molecule has 1 aromatic heterocycles. The molecule has 2 aromatic carbocycles. The standard InChI is InChI=1S/C18H17N3O4S.BrH/c1-3-25-14-7-5-13(6-8-14)19-18-20-15(11-26-18)12-4-9-17(24-2)16(10-12)21(22)23;/h4-11H,3H2,1-2H3,(H,19,20);1H. The van der Waals surface area contributed by atoms with Gasteiger partial charge in [-0.3, -0.25) is 10.1 Å². The molecule has 27 heavy (non-hydrogen) atoms. The number of nitrogens with one attached hydrogen (secondary N) is 1. The number of hydrogen-bond donors (Lipinski definition) is 1. The highest BCUT2D eigenvalue weighted by molar-refractivity contribution is 8.93. The van der Waals surface area contributed by atoms with Gasteiger partial charge in [-0.25, -0.2) is 4.98 Å². The summed E-state index contributed by atoms with van der Waals surface area (Å²) in [5.74, 6) is 1.03. The van der Waals surface area contributed by atoms with Crippen molar-refractivity contribution in [1.29, 1.82) is 0 Å². The van der Waals surface area contributed by atoms with Gasteiger partial charge in [-0.15, -0.1) is 28.3 Å². The number of nitro groups is 1. The number of nitrogens with zero attached hydrogens (tertiary/aromatic N) is 2. The van der Waals surface area contributed by atoms with Crippen LogP contribution in [0.5, 0.6) is 11.5 Å². The first-order valence-electron chi connectivity index (χ1n) is 7.89. The molecule has 3 aromatic rings. The molecule has 0 spiro atoms. The SMILES string of the molecule is Br.CCOc1ccc(Nc2nc(-c3ccc(OC)c([N+](=O)[O-])c3)cs2)cc1. The highest BCUT2D eigenvalue weighted by Crippen LogP contribution is 2.34. The first-order valence-corrected chi connectivity index (χ1v) is 8.77. The van der Waals surface area contributed by atoms with E-state index in [0.29, 0.717) is 23.0 Å². The fraction of sp³-hybridized carbons (Fsp3) is 0.167. The summed E-state index contributed by atoms with van der Waals surface area (Å²) in [4.78, 5) is 15.2. The van der Waals surface area contributed by atoms with Gasteiger partial charge in [0.25, 0.3) is 0 Å². The lowest BCUT2D eigenvalue weighted by molar-refractivity contribution is -0.385. The second-order valence-electron chi connectivity index (χ2n) is 5.26. The number of rotatable bonds is 7. The molecule has 0 bridgehead atoms. The number of methoxy groups -OCH3 is 1. The van der Waals surface area contributed by atoms with E-state index in [1.807, 2.05) is 36.6 Å². The zero-order chi connectivity index (χ0) is 18.5. The van der Waals surface area contributed by atoms with Crippen LogP contribution in [0.3, 0.4) is 0 Å². The molecule has 7 nitrogen and oxygen atoms in total. The van der Waals surface area contributed by atoms with E-state index in [2.05, 4.69) is 10.3 Å². The van der Waals surface area contributed by atoms with E-state index >= 15 is 0 Å². The highest BCUT2D eigenvalue weighted by Gasteiger charge is 2.17. The number of hydrogen-bond acceptors (Lipinski definition) is 7. The minimum absolute atomic E-state index is 0. The van der Waals surface area contributed by atoms with Crippen LogP contribution in [0.25, 0.3) is 11.3 Å². The molecule has 0 saturated heterocycles. The summed E-state index contributed by atoms with van der Waals surface area (Å²) < 4.78 is 10.4. The molecule has 142 valence electrons. The second kappa shape index (κ2) is 9.33. The number of aromatic nitrogens is 1. The van der Waals surface area contributed by atoms with E-state index in [1.54, 1.807) is 12.1 Å². The summed E-state index contributed by atoms with van der Waals surface area (Å²) in [6.45, 7) is 2.56. The first kappa shape index (κ1) is 20.7. The number of halogens is 1. The number of nitro benzene ring substituents is 1. The lowest BCUT2D eigenvalue weighted by Gasteiger charge is -2.05. The summed E-state index contributed by atoms with van der Waals surface area (Å²) in [5, 5.41) is 16.9. The molecule has 0 unspecified atom stereocenters. The van der Waals surface area contributed by atoms with Crippen LogP contribution in [0, 0.1) is 10.1 Å². The Hall–Kier alpha value is -2.65. The summed E-state index contributed by atoms with van der Waals surface area (Å²) in [5.41, 5.74) is 2.12. The first-order chi connectivity index (χ1) is 12.6. The van der Waals surface area contributed by atoms with Crippen LogP contribution in [-0.4, -0.2) is 23.6 Å². The third-order valence-corrected chi connectivity index (χ3v) is 4.35. The number of thiazole rings is 1. The molecule has 0 amide bonds. The average molecular weight is 452 g/mol. The molecular formula is C18H18BrN3O4S. The van der Waals surface area contributed by atoms with Gasteiger partial charge in [-0.05, 0) is 43.3 Å². The third kappa shape index (κ3) is 4.95. The van der Waals surface area contributed by atoms with E-state index in [4.69, 9.17) is 9.47 Å². The van der Waals surface area contributed by atoms with E-state index < -0.39 is 4.92 Å². The zero-order valence-corrected chi connectivity index (χ0v) is 17.2. The summed E-state index contributed by atoms with van der Waals surface area (Å²) in [7, 11) is 1.41. The van der Waals surface area contributed by atoms with Gasteiger partial charge in [-0.1, -0.05) is 0 Å².